The van der Waals surface area contributed by atoms with Crippen molar-refractivity contribution in [1.29, 1.82) is 0 Å². The summed E-state index contributed by atoms with van der Waals surface area (Å²) in [7, 11) is 0. The van der Waals surface area contributed by atoms with Crippen LogP contribution >= 0.6 is 0 Å². The predicted molar refractivity (Wildman–Crippen MR) is 92.8 cm³/mol. The number of benzene rings is 1. The molecule has 1 fully saturated rings. The van der Waals surface area contributed by atoms with Crippen molar-refractivity contribution in [2.45, 2.75) is 59.3 Å². The van der Waals surface area contributed by atoms with E-state index >= 15 is 0 Å². The van der Waals surface area contributed by atoms with Crippen molar-refractivity contribution in [3.63, 3.8) is 0 Å². The van der Waals surface area contributed by atoms with Crippen LogP contribution in [0.3, 0.4) is 0 Å². The zero-order chi connectivity index (χ0) is 15.2. The Morgan fingerprint density at radius 3 is 2.76 bits per heavy atom. The van der Waals surface area contributed by atoms with Gasteiger partial charge in [0.05, 0.1) is 0 Å². The molecule has 1 N–H and O–H groups in total. The summed E-state index contributed by atoms with van der Waals surface area (Å²) in [6.45, 7) is 11.5. The Hall–Kier alpha value is -0.820. The maximum absolute atomic E-state index is 3.58. The smallest absolute Gasteiger partial charge is 0.00148 e. The maximum atomic E-state index is 3.58. The molecule has 0 aromatic heterocycles. The van der Waals surface area contributed by atoms with Crippen LogP contribution < -0.4 is 5.32 Å². The molecule has 3 unspecified atom stereocenters. The first kappa shape index (κ1) is 16.5. The van der Waals surface area contributed by atoms with E-state index in [9.17, 15) is 0 Å². The lowest BCUT2D eigenvalue weighted by atomic mass is 9.71. The van der Waals surface area contributed by atoms with Gasteiger partial charge in [0, 0.05) is 0 Å². The second kappa shape index (κ2) is 7.98. The summed E-state index contributed by atoms with van der Waals surface area (Å²) in [5.41, 5.74) is 3.10. The summed E-state index contributed by atoms with van der Waals surface area (Å²) in [5.74, 6) is 3.18. The second-order valence-corrected chi connectivity index (χ2v) is 7.44. The Morgan fingerprint density at radius 1 is 1.24 bits per heavy atom. The van der Waals surface area contributed by atoms with Crippen molar-refractivity contribution >= 4 is 0 Å². The zero-order valence-corrected chi connectivity index (χ0v) is 14.4. The summed E-state index contributed by atoms with van der Waals surface area (Å²) >= 11 is 0. The van der Waals surface area contributed by atoms with E-state index in [4.69, 9.17) is 0 Å². The van der Waals surface area contributed by atoms with E-state index in [2.05, 4.69) is 57.3 Å². The fourth-order valence-electron chi connectivity index (χ4n) is 3.85. The van der Waals surface area contributed by atoms with Crippen molar-refractivity contribution in [3.8, 4) is 0 Å². The molecular formula is C20H33N. The zero-order valence-electron chi connectivity index (χ0n) is 14.4. The minimum absolute atomic E-state index is 0.739. The second-order valence-electron chi connectivity index (χ2n) is 7.44. The Bertz CT molecular complexity index is 422. The lowest BCUT2D eigenvalue weighted by Gasteiger charge is -2.35. The minimum Gasteiger partial charge on any atom is -0.317 e. The van der Waals surface area contributed by atoms with Gasteiger partial charge in [-0.3, -0.25) is 0 Å². The van der Waals surface area contributed by atoms with Gasteiger partial charge in [-0.15, -0.1) is 0 Å². The first-order valence-electron chi connectivity index (χ1n) is 8.89. The average molecular weight is 287 g/mol. The summed E-state index contributed by atoms with van der Waals surface area (Å²) < 4.78 is 0. The van der Waals surface area contributed by atoms with Crippen molar-refractivity contribution in [2.24, 2.45) is 17.8 Å². The standard InChI is InChI=1S/C20H33N/c1-5-21-14-19-10-9-16(4)12-20(19)18-8-6-7-17(13-18)11-15(2)3/h6-8,13,15-16,19-21H,5,9-12,14H2,1-4H3. The van der Waals surface area contributed by atoms with Crippen LogP contribution in [0, 0.1) is 17.8 Å². The van der Waals surface area contributed by atoms with Crippen LogP contribution in [-0.4, -0.2) is 13.1 Å². The van der Waals surface area contributed by atoms with Crippen LogP contribution in [0.5, 0.6) is 0 Å². The quantitative estimate of drug-likeness (QED) is 0.775. The van der Waals surface area contributed by atoms with E-state index in [0.717, 1.165) is 30.2 Å². The molecular weight excluding hydrogens is 254 g/mol. The molecule has 0 amide bonds. The largest absolute Gasteiger partial charge is 0.317 e. The molecule has 1 nitrogen and oxygen atoms in total. The number of nitrogens with one attached hydrogen (secondary N) is 1. The van der Waals surface area contributed by atoms with Gasteiger partial charge in [0.15, 0.2) is 0 Å². The normalized spacial score (nSPS) is 26.2. The topological polar surface area (TPSA) is 12.0 Å². The van der Waals surface area contributed by atoms with Crippen molar-refractivity contribution < 1.29 is 0 Å². The van der Waals surface area contributed by atoms with E-state index in [0.29, 0.717) is 0 Å². The molecule has 1 aromatic carbocycles. The first-order chi connectivity index (χ1) is 10.1. The third-order valence-electron chi connectivity index (χ3n) is 4.94. The molecule has 3 atom stereocenters. The van der Waals surface area contributed by atoms with E-state index < -0.39 is 0 Å². The van der Waals surface area contributed by atoms with Crippen LogP contribution in [0.1, 0.15) is 64.0 Å². The third-order valence-corrected chi connectivity index (χ3v) is 4.94. The maximum Gasteiger partial charge on any atom is -0.00148 e. The van der Waals surface area contributed by atoms with Gasteiger partial charge in [0.25, 0.3) is 0 Å². The van der Waals surface area contributed by atoms with E-state index in [-0.39, 0.29) is 0 Å². The van der Waals surface area contributed by atoms with E-state index in [1.807, 2.05) is 0 Å². The fraction of sp³-hybridized carbons (Fsp3) is 0.700. The van der Waals surface area contributed by atoms with Crippen molar-refractivity contribution in [3.05, 3.63) is 35.4 Å². The molecule has 0 spiro atoms. The summed E-state index contributed by atoms with van der Waals surface area (Å²) in [5, 5.41) is 3.58. The lowest BCUT2D eigenvalue weighted by molar-refractivity contribution is 0.242. The molecule has 0 heterocycles. The van der Waals surface area contributed by atoms with E-state index in [1.54, 1.807) is 5.56 Å². The molecule has 1 saturated carbocycles. The van der Waals surface area contributed by atoms with Crippen LogP contribution in [-0.2, 0) is 6.42 Å². The molecule has 1 aliphatic carbocycles. The molecule has 1 heteroatoms. The van der Waals surface area contributed by atoms with Crippen LogP contribution in [0.15, 0.2) is 24.3 Å². The Labute approximate surface area is 131 Å². The molecule has 0 aliphatic heterocycles. The number of hydrogen-bond donors (Lipinski definition) is 1. The molecule has 1 aromatic rings. The summed E-state index contributed by atoms with van der Waals surface area (Å²) in [6, 6.07) is 9.43. The highest BCUT2D eigenvalue weighted by Gasteiger charge is 2.29. The predicted octanol–water partition coefficient (Wildman–Crippen LogP) is 5.01. The highest BCUT2D eigenvalue weighted by Crippen LogP contribution is 2.40. The minimum atomic E-state index is 0.739. The van der Waals surface area contributed by atoms with Gasteiger partial charge >= 0.3 is 0 Å². The molecule has 0 bridgehead atoms. The Morgan fingerprint density at radius 2 is 2.05 bits per heavy atom. The first-order valence-corrected chi connectivity index (χ1v) is 8.89. The molecule has 0 saturated heterocycles. The molecule has 21 heavy (non-hydrogen) atoms. The Balaban J connectivity index is 2.14. The summed E-state index contributed by atoms with van der Waals surface area (Å²) in [4.78, 5) is 0. The van der Waals surface area contributed by atoms with Crippen molar-refractivity contribution in [2.75, 3.05) is 13.1 Å². The van der Waals surface area contributed by atoms with Crippen molar-refractivity contribution in [1.82, 2.24) is 5.32 Å². The number of hydrogen-bond acceptors (Lipinski definition) is 1. The monoisotopic (exact) mass is 287 g/mol. The SMILES string of the molecule is CCNCC1CCC(C)CC1c1cccc(CC(C)C)c1. The van der Waals surface area contributed by atoms with Gasteiger partial charge in [0.2, 0.25) is 0 Å². The van der Waals surface area contributed by atoms with Crippen LogP contribution in [0.4, 0.5) is 0 Å². The van der Waals surface area contributed by atoms with Gasteiger partial charge in [0.1, 0.15) is 0 Å². The van der Waals surface area contributed by atoms with Gasteiger partial charge < -0.3 is 5.32 Å². The molecule has 1 aliphatic rings. The highest BCUT2D eigenvalue weighted by molar-refractivity contribution is 5.28. The van der Waals surface area contributed by atoms with Gasteiger partial charge in [-0.1, -0.05) is 58.4 Å². The molecule has 118 valence electrons. The third kappa shape index (κ3) is 4.85. The van der Waals surface area contributed by atoms with Gasteiger partial charge in [-0.25, -0.2) is 0 Å². The van der Waals surface area contributed by atoms with Gasteiger partial charge in [-0.05, 0) is 67.2 Å². The lowest BCUT2D eigenvalue weighted by Crippen LogP contribution is -2.31. The summed E-state index contributed by atoms with van der Waals surface area (Å²) in [6.07, 6.45) is 5.35. The highest BCUT2D eigenvalue weighted by atomic mass is 14.8. The number of rotatable bonds is 6. The molecule has 0 radical (unpaired) electrons. The molecule has 2 rings (SSSR count). The Kier molecular flexibility index (Phi) is 6.29. The fourth-order valence-corrected chi connectivity index (χ4v) is 3.85. The average Bonchev–Trinajstić information content (AvgIpc) is 2.45. The van der Waals surface area contributed by atoms with Crippen LogP contribution in [0.2, 0.25) is 0 Å². The van der Waals surface area contributed by atoms with E-state index in [1.165, 1.54) is 37.8 Å². The van der Waals surface area contributed by atoms with Gasteiger partial charge in [-0.2, -0.15) is 0 Å². The van der Waals surface area contributed by atoms with Crippen LogP contribution in [0.25, 0.3) is 0 Å².